The number of carbonyl (C=O) groups excluding carboxylic acids is 1. The number of amides is 1. The second-order valence-corrected chi connectivity index (χ2v) is 5.72. The van der Waals surface area contributed by atoms with Crippen molar-refractivity contribution in [3.8, 4) is 5.69 Å². The van der Waals surface area contributed by atoms with E-state index in [0.29, 0.717) is 17.9 Å². The van der Waals surface area contributed by atoms with Gasteiger partial charge in [-0.25, -0.2) is 9.67 Å². The Morgan fingerprint density at radius 3 is 2.77 bits per heavy atom. The third-order valence-electron chi connectivity index (χ3n) is 3.77. The van der Waals surface area contributed by atoms with E-state index in [1.807, 2.05) is 43.5 Å². The van der Waals surface area contributed by atoms with Crippen LogP contribution < -0.4 is 10.6 Å². The number of benzene rings is 1. The minimum atomic E-state index is -0.178. The van der Waals surface area contributed by atoms with Gasteiger partial charge < -0.3 is 10.6 Å². The fraction of sp³-hybridized carbons (Fsp3) is 0.158. The first-order valence-corrected chi connectivity index (χ1v) is 8.26. The van der Waals surface area contributed by atoms with Crippen LogP contribution in [0.2, 0.25) is 0 Å². The van der Waals surface area contributed by atoms with Crippen LogP contribution in [-0.2, 0) is 0 Å². The van der Waals surface area contributed by atoms with Gasteiger partial charge in [0.15, 0.2) is 0 Å². The number of para-hydroxylation sites is 1. The fourth-order valence-corrected chi connectivity index (χ4v) is 2.36. The molecular formula is C19H20N6O. The van der Waals surface area contributed by atoms with Gasteiger partial charge in [0, 0.05) is 12.7 Å². The first-order chi connectivity index (χ1) is 12.7. The maximum Gasteiger partial charge on any atom is 0.253 e. The molecule has 2 aromatic heterocycles. The number of aromatic nitrogens is 4. The summed E-state index contributed by atoms with van der Waals surface area (Å²) >= 11 is 0. The summed E-state index contributed by atoms with van der Waals surface area (Å²) in [6.07, 6.45) is 5.05. The number of hydrogen-bond donors (Lipinski definition) is 2. The van der Waals surface area contributed by atoms with E-state index in [1.165, 1.54) is 6.20 Å². The predicted octanol–water partition coefficient (Wildman–Crippen LogP) is 2.75. The summed E-state index contributed by atoms with van der Waals surface area (Å²) in [7, 11) is 0. The van der Waals surface area contributed by atoms with Crippen molar-refractivity contribution in [2.75, 3.05) is 11.9 Å². The first-order valence-electron chi connectivity index (χ1n) is 8.26. The highest BCUT2D eigenvalue weighted by atomic mass is 16.1. The van der Waals surface area contributed by atoms with Gasteiger partial charge in [-0.15, -0.1) is 11.7 Å². The van der Waals surface area contributed by atoms with E-state index < -0.39 is 0 Å². The normalized spacial score (nSPS) is 11.6. The summed E-state index contributed by atoms with van der Waals surface area (Å²) in [4.78, 5) is 16.1. The molecule has 1 aromatic carbocycles. The standard InChI is InChI=1S/C19H20N6O/c1-3-11-20-19(26)15-9-10-18(21-12-15)22-14(2)17-13-25(24-23-17)16-7-5-4-6-8-16/h3-10,12-14H,1,11H2,2H3,(H,20,26)(H,21,22). The molecule has 26 heavy (non-hydrogen) atoms. The van der Waals surface area contributed by atoms with Gasteiger partial charge in [-0.2, -0.15) is 0 Å². The molecule has 3 rings (SSSR count). The Bertz CT molecular complexity index is 873. The average molecular weight is 348 g/mol. The van der Waals surface area contributed by atoms with Crippen molar-refractivity contribution in [3.05, 3.63) is 78.8 Å². The zero-order chi connectivity index (χ0) is 18.4. The summed E-state index contributed by atoms with van der Waals surface area (Å²) in [5, 5.41) is 14.3. The molecule has 0 spiro atoms. The minimum Gasteiger partial charge on any atom is -0.362 e. The number of nitrogens with zero attached hydrogens (tertiary/aromatic N) is 4. The molecule has 0 radical (unpaired) electrons. The fourth-order valence-electron chi connectivity index (χ4n) is 2.36. The Balaban J connectivity index is 1.65. The maximum absolute atomic E-state index is 11.9. The maximum atomic E-state index is 11.9. The molecule has 7 heteroatoms. The minimum absolute atomic E-state index is 0.0830. The van der Waals surface area contributed by atoms with E-state index in [4.69, 9.17) is 0 Å². The van der Waals surface area contributed by atoms with E-state index in [1.54, 1.807) is 22.9 Å². The highest BCUT2D eigenvalue weighted by Gasteiger charge is 2.12. The molecule has 0 bridgehead atoms. The molecule has 7 nitrogen and oxygen atoms in total. The van der Waals surface area contributed by atoms with E-state index in [0.717, 1.165) is 11.4 Å². The number of carbonyl (C=O) groups is 1. The van der Waals surface area contributed by atoms with Gasteiger partial charge in [0.1, 0.15) is 11.5 Å². The van der Waals surface area contributed by atoms with Gasteiger partial charge in [0.25, 0.3) is 5.91 Å². The van der Waals surface area contributed by atoms with E-state index in [2.05, 4.69) is 32.5 Å². The summed E-state index contributed by atoms with van der Waals surface area (Å²) in [5.74, 6) is 0.481. The summed E-state index contributed by atoms with van der Waals surface area (Å²) < 4.78 is 1.73. The van der Waals surface area contributed by atoms with Crippen molar-refractivity contribution < 1.29 is 4.79 Å². The van der Waals surface area contributed by atoms with Gasteiger partial charge >= 0.3 is 0 Å². The molecule has 2 heterocycles. The van der Waals surface area contributed by atoms with Crippen LogP contribution in [0.1, 0.15) is 29.0 Å². The van der Waals surface area contributed by atoms with Crippen LogP contribution in [0.25, 0.3) is 5.69 Å². The first kappa shape index (κ1) is 17.3. The Kier molecular flexibility index (Phi) is 5.38. The molecule has 1 atom stereocenters. The third kappa shape index (κ3) is 4.13. The molecule has 132 valence electrons. The van der Waals surface area contributed by atoms with Crippen molar-refractivity contribution in [3.63, 3.8) is 0 Å². The lowest BCUT2D eigenvalue weighted by molar-refractivity contribution is 0.0957. The van der Waals surface area contributed by atoms with Crippen LogP contribution in [0.4, 0.5) is 5.82 Å². The molecule has 0 saturated heterocycles. The lowest BCUT2D eigenvalue weighted by atomic mass is 10.2. The van der Waals surface area contributed by atoms with E-state index >= 15 is 0 Å². The molecule has 2 N–H and O–H groups in total. The van der Waals surface area contributed by atoms with Crippen molar-refractivity contribution >= 4 is 11.7 Å². The zero-order valence-electron chi connectivity index (χ0n) is 14.5. The number of nitrogens with one attached hydrogen (secondary N) is 2. The quantitative estimate of drug-likeness (QED) is 0.641. The molecule has 0 saturated carbocycles. The van der Waals surface area contributed by atoms with Gasteiger partial charge in [-0.05, 0) is 31.2 Å². The Morgan fingerprint density at radius 1 is 1.27 bits per heavy atom. The molecule has 0 fully saturated rings. The molecule has 0 aliphatic rings. The SMILES string of the molecule is C=CCNC(=O)c1ccc(NC(C)c2cn(-c3ccccc3)nn2)nc1. The van der Waals surface area contributed by atoms with Crippen molar-refractivity contribution in [2.24, 2.45) is 0 Å². The van der Waals surface area contributed by atoms with Crippen LogP contribution in [-0.4, -0.2) is 32.4 Å². The number of hydrogen-bond acceptors (Lipinski definition) is 5. The van der Waals surface area contributed by atoms with Gasteiger partial charge in [-0.1, -0.05) is 29.5 Å². The topological polar surface area (TPSA) is 84.7 Å². The second-order valence-electron chi connectivity index (χ2n) is 5.72. The van der Waals surface area contributed by atoms with Crippen LogP contribution in [0, 0.1) is 0 Å². The van der Waals surface area contributed by atoms with Crippen LogP contribution in [0.5, 0.6) is 0 Å². The van der Waals surface area contributed by atoms with Gasteiger partial charge in [-0.3, -0.25) is 4.79 Å². The Morgan fingerprint density at radius 2 is 2.08 bits per heavy atom. The van der Waals surface area contributed by atoms with Crippen molar-refractivity contribution in [1.29, 1.82) is 0 Å². The average Bonchev–Trinajstić information content (AvgIpc) is 3.18. The Labute approximate surface area is 151 Å². The smallest absolute Gasteiger partial charge is 0.253 e. The molecule has 1 amide bonds. The van der Waals surface area contributed by atoms with Gasteiger partial charge in [0.05, 0.1) is 23.5 Å². The highest BCUT2D eigenvalue weighted by Crippen LogP contribution is 2.17. The lowest BCUT2D eigenvalue weighted by Gasteiger charge is -2.12. The summed E-state index contributed by atoms with van der Waals surface area (Å²) in [6.45, 7) is 5.97. The monoisotopic (exact) mass is 348 g/mol. The molecule has 0 aliphatic heterocycles. The van der Waals surface area contributed by atoms with Crippen molar-refractivity contribution in [1.82, 2.24) is 25.3 Å². The second kappa shape index (κ2) is 8.06. The molecule has 3 aromatic rings. The number of pyridine rings is 1. The van der Waals surface area contributed by atoms with Crippen molar-refractivity contribution in [2.45, 2.75) is 13.0 Å². The van der Waals surface area contributed by atoms with E-state index in [9.17, 15) is 4.79 Å². The number of anilines is 1. The largest absolute Gasteiger partial charge is 0.362 e. The molecular weight excluding hydrogens is 328 g/mol. The van der Waals surface area contributed by atoms with Crippen LogP contribution >= 0.6 is 0 Å². The molecule has 1 unspecified atom stereocenters. The van der Waals surface area contributed by atoms with Crippen LogP contribution in [0.3, 0.4) is 0 Å². The van der Waals surface area contributed by atoms with E-state index in [-0.39, 0.29) is 11.9 Å². The predicted molar refractivity (Wildman–Crippen MR) is 100 cm³/mol. The summed E-state index contributed by atoms with van der Waals surface area (Å²) in [6, 6.07) is 13.2. The zero-order valence-corrected chi connectivity index (χ0v) is 14.5. The molecule has 0 aliphatic carbocycles. The lowest BCUT2D eigenvalue weighted by Crippen LogP contribution is -2.23. The Hall–Kier alpha value is -3.48. The number of rotatable bonds is 7. The van der Waals surface area contributed by atoms with Crippen LogP contribution in [0.15, 0.2) is 67.5 Å². The van der Waals surface area contributed by atoms with Gasteiger partial charge in [0.2, 0.25) is 0 Å². The highest BCUT2D eigenvalue weighted by molar-refractivity contribution is 5.94. The third-order valence-corrected chi connectivity index (χ3v) is 3.77. The summed E-state index contributed by atoms with van der Waals surface area (Å²) in [5.41, 5.74) is 2.25.